The van der Waals surface area contributed by atoms with Crippen LogP contribution in [-0.4, -0.2) is 13.1 Å². The molecule has 1 aromatic carbocycles. The third kappa shape index (κ3) is 2.15. The van der Waals surface area contributed by atoms with Crippen molar-refractivity contribution in [1.82, 2.24) is 0 Å². The summed E-state index contributed by atoms with van der Waals surface area (Å²) in [6.07, 6.45) is 8.14. The normalized spacial score (nSPS) is 39.5. The Morgan fingerprint density at radius 1 is 1.18 bits per heavy atom. The molecule has 0 heterocycles. The summed E-state index contributed by atoms with van der Waals surface area (Å²) < 4.78 is 6.53. The highest BCUT2D eigenvalue weighted by molar-refractivity contribution is 14.1. The highest BCUT2D eigenvalue weighted by Gasteiger charge is 2.60. The summed E-state index contributed by atoms with van der Waals surface area (Å²) in [4.78, 5) is 12.6. The number of hydrogen-bond acceptors (Lipinski definition) is 2. The fourth-order valence-electron chi connectivity index (χ4n) is 5.87. The van der Waals surface area contributed by atoms with Crippen molar-refractivity contribution < 1.29 is 9.53 Å². The maximum absolute atomic E-state index is 12.6. The van der Waals surface area contributed by atoms with Crippen molar-refractivity contribution in [2.24, 2.45) is 17.3 Å². The minimum absolute atomic E-state index is 0.0506. The van der Waals surface area contributed by atoms with Crippen molar-refractivity contribution in [2.45, 2.75) is 50.4 Å². The van der Waals surface area contributed by atoms with E-state index in [9.17, 15) is 4.79 Å². The molecular formula is C19H23IO2. The second-order valence-corrected chi connectivity index (χ2v) is 9.01. The predicted molar refractivity (Wildman–Crippen MR) is 94.6 cm³/mol. The lowest BCUT2D eigenvalue weighted by Gasteiger charge is -2.45. The molecule has 0 N–H and O–H groups in total. The molecule has 4 atom stereocenters. The van der Waals surface area contributed by atoms with E-state index in [1.54, 1.807) is 7.11 Å². The molecule has 0 amide bonds. The molecule has 4 unspecified atom stereocenters. The topological polar surface area (TPSA) is 26.3 Å². The van der Waals surface area contributed by atoms with Crippen molar-refractivity contribution in [1.29, 1.82) is 0 Å². The van der Waals surface area contributed by atoms with E-state index < -0.39 is 0 Å². The van der Waals surface area contributed by atoms with Crippen molar-refractivity contribution in [2.75, 3.05) is 7.11 Å². The van der Waals surface area contributed by atoms with Crippen molar-refractivity contribution >= 4 is 28.6 Å². The molecule has 0 aromatic heterocycles. The molecule has 3 saturated carbocycles. The van der Waals surface area contributed by atoms with Gasteiger partial charge < -0.3 is 4.74 Å². The zero-order valence-electron chi connectivity index (χ0n) is 13.1. The number of halogens is 1. The molecule has 3 bridgehead atoms. The van der Waals surface area contributed by atoms with Crippen LogP contribution in [0.4, 0.5) is 0 Å². The minimum atomic E-state index is -0.216. The Hall–Kier alpha value is -0.580. The van der Waals surface area contributed by atoms with Crippen LogP contribution in [-0.2, 0) is 14.9 Å². The number of carbonyl (C=O) groups excluding carboxylic acids is 1. The number of methoxy groups -OCH3 is 1. The molecule has 118 valence electrons. The van der Waals surface area contributed by atoms with Gasteiger partial charge in [-0.25, -0.2) is 0 Å². The fourth-order valence-corrected chi connectivity index (χ4v) is 6.23. The quantitative estimate of drug-likeness (QED) is 0.522. The van der Waals surface area contributed by atoms with Gasteiger partial charge in [0.05, 0.1) is 12.5 Å². The molecule has 1 aromatic rings. The molecule has 4 rings (SSSR count). The number of fused-ring (bicyclic) bond motifs is 2. The first-order chi connectivity index (χ1) is 10.6. The van der Waals surface area contributed by atoms with E-state index in [0.29, 0.717) is 0 Å². The fraction of sp³-hybridized carbons (Fsp3) is 0.632. The van der Waals surface area contributed by atoms with E-state index in [4.69, 9.17) is 4.74 Å². The van der Waals surface area contributed by atoms with Gasteiger partial charge in [-0.15, -0.1) is 0 Å². The summed E-state index contributed by atoms with van der Waals surface area (Å²) in [7, 11) is 1.56. The van der Waals surface area contributed by atoms with Crippen LogP contribution in [0.3, 0.4) is 0 Å². The van der Waals surface area contributed by atoms with Gasteiger partial charge >= 0.3 is 5.97 Å². The Kier molecular flexibility index (Phi) is 3.55. The molecule has 2 nitrogen and oxygen atoms in total. The largest absolute Gasteiger partial charge is 0.469 e. The van der Waals surface area contributed by atoms with Crippen LogP contribution in [0.2, 0.25) is 0 Å². The number of rotatable bonds is 2. The van der Waals surface area contributed by atoms with Gasteiger partial charge in [-0.2, -0.15) is 0 Å². The number of carbonyl (C=O) groups is 1. The number of esters is 1. The highest BCUT2D eigenvalue weighted by Crippen LogP contribution is 2.65. The van der Waals surface area contributed by atoms with Gasteiger partial charge in [0.2, 0.25) is 0 Å². The van der Waals surface area contributed by atoms with E-state index >= 15 is 0 Å². The SMILES string of the molecule is COC(=O)C12CCCC3CC(c4ccc(I)cc4)(CC3C1)C2. The first-order valence-electron chi connectivity index (χ1n) is 8.41. The predicted octanol–water partition coefficient (Wildman–Crippen LogP) is 4.69. The summed E-state index contributed by atoms with van der Waals surface area (Å²) in [6, 6.07) is 9.03. The van der Waals surface area contributed by atoms with Crippen molar-refractivity contribution in [3.05, 3.63) is 33.4 Å². The van der Waals surface area contributed by atoms with Crippen molar-refractivity contribution in [3.63, 3.8) is 0 Å². The maximum Gasteiger partial charge on any atom is 0.311 e. The van der Waals surface area contributed by atoms with E-state index in [1.165, 1.54) is 34.8 Å². The summed E-state index contributed by atoms with van der Waals surface area (Å²) >= 11 is 2.37. The monoisotopic (exact) mass is 410 g/mol. The third-order valence-corrected chi connectivity index (χ3v) is 7.33. The lowest BCUT2D eigenvalue weighted by molar-refractivity contribution is -0.157. The van der Waals surface area contributed by atoms with E-state index in [-0.39, 0.29) is 16.8 Å². The molecule has 0 saturated heterocycles. The first-order valence-corrected chi connectivity index (χ1v) is 9.49. The third-order valence-electron chi connectivity index (χ3n) is 6.61. The number of hydrogen-bond donors (Lipinski definition) is 0. The van der Waals surface area contributed by atoms with Gasteiger partial charge in [0.25, 0.3) is 0 Å². The molecule has 3 aliphatic rings. The van der Waals surface area contributed by atoms with E-state index in [1.807, 2.05) is 0 Å². The standard InChI is InChI=1S/C19H23IO2/c1-22-17(21)18-8-2-3-13-9-19(12-18,11-14(13)10-18)15-4-6-16(20)7-5-15/h4-7,13-14H,2-3,8-12H2,1H3. The van der Waals surface area contributed by atoms with Gasteiger partial charge in [0.15, 0.2) is 0 Å². The smallest absolute Gasteiger partial charge is 0.311 e. The van der Waals surface area contributed by atoms with E-state index in [0.717, 1.165) is 31.1 Å². The van der Waals surface area contributed by atoms with Crippen LogP contribution in [0.1, 0.15) is 50.5 Å². The van der Waals surface area contributed by atoms with Crippen LogP contribution in [0.5, 0.6) is 0 Å². The second-order valence-electron chi connectivity index (χ2n) is 7.76. The Morgan fingerprint density at radius 3 is 2.64 bits per heavy atom. The molecule has 0 spiro atoms. The minimum Gasteiger partial charge on any atom is -0.469 e. The van der Waals surface area contributed by atoms with Gasteiger partial charge in [-0.3, -0.25) is 4.79 Å². The van der Waals surface area contributed by atoms with Gasteiger partial charge in [-0.1, -0.05) is 25.0 Å². The first kappa shape index (κ1) is 15.0. The molecular weight excluding hydrogens is 387 g/mol. The Balaban J connectivity index is 1.78. The molecule has 3 aliphatic carbocycles. The number of benzene rings is 1. The molecule has 0 aliphatic heterocycles. The summed E-state index contributed by atoms with van der Waals surface area (Å²) in [6.45, 7) is 0. The van der Waals surface area contributed by atoms with Crippen LogP contribution < -0.4 is 0 Å². The van der Waals surface area contributed by atoms with Crippen LogP contribution >= 0.6 is 22.6 Å². The van der Waals surface area contributed by atoms with E-state index in [2.05, 4.69) is 46.9 Å². The average molecular weight is 410 g/mol. The zero-order valence-corrected chi connectivity index (χ0v) is 15.3. The average Bonchev–Trinajstić information content (AvgIpc) is 2.70. The van der Waals surface area contributed by atoms with Crippen LogP contribution in [0.25, 0.3) is 0 Å². The van der Waals surface area contributed by atoms with Crippen LogP contribution in [0, 0.1) is 20.8 Å². The summed E-state index contributed by atoms with van der Waals surface area (Å²) in [5, 5.41) is 0. The zero-order chi connectivity index (χ0) is 15.4. The lowest BCUT2D eigenvalue weighted by Crippen LogP contribution is -2.43. The Labute approximate surface area is 146 Å². The Bertz CT molecular complexity index is 596. The molecule has 3 fully saturated rings. The van der Waals surface area contributed by atoms with Gasteiger partial charge in [0.1, 0.15) is 0 Å². The van der Waals surface area contributed by atoms with Gasteiger partial charge in [0, 0.05) is 3.57 Å². The van der Waals surface area contributed by atoms with Gasteiger partial charge in [-0.05, 0) is 89.6 Å². The second kappa shape index (κ2) is 5.22. The molecule has 0 radical (unpaired) electrons. The highest BCUT2D eigenvalue weighted by atomic mass is 127. The maximum atomic E-state index is 12.6. The molecule has 22 heavy (non-hydrogen) atoms. The van der Waals surface area contributed by atoms with Crippen LogP contribution in [0.15, 0.2) is 24.3 Å². The lowest BCUT2D eigenvalue weighted by atomic mass is 9.59. The summed E-state index contributed by atoms with van der Waals surface area (Å²) in [5.74, 6) is 1.58. The van der Waals surface area contributed by atoms with Crippen molar-refractivity contribution in [3.8, 4) is 0 Å². The molecule has 3 heteroatoms. The summed E-state index contributed by atoms with van der Waals surface area (Å²) in [5.41, 5.74) is 1.45. The number of ether oxygens (including phenoxy) is 1. The Morgan fingerprint density at radius 2 is 1.91 bits per heavy atom.